The van der Waals surface area contributed by atoms with Crippen LogP contribution in [0.4, 0.5) is 0 Å². The van der Waals surface area contributed by atoms with E-state index in [1.165, 1.54) is 43.2 Å². The van der Waals surface area contributed by atoms with Gasteiger partial charge in [0.2, 0.25) is 0 Å². The second-order valence-corrected chi connectivity index (χ2v) is 10.7. The molecule has 0 radical (unpaired) electrons. The van der Waals surface area contributed by atoms with E-state index >= 15 is 0 Å². The fraction of sp³-hybridized carbons (Fsp3) is 0.720. The predicted molar refractivity (Wildman–Crippen MR) is 110 cm³/mol. The van der Waals surface area contributed by atoms with Crippen LogP contribution in [0.1, 0.15) is 89.8 Å². The topological polar surface area (TPSA) is 26.3 Å². The van der Waals surface area contributed by atoms with Gasteiger partial charge in [0.1, 0.15) is 5.75 Å². The van der Waals surface area contributed by atoms with E-state index in [4.69, 9.17) is 4.74 Å². The van der Waals surface area contributed by atoms with Crippen LogP contribution >= 0.6 is 0 Å². The Kier molecular flexibility index (Phi) is 4.29. The zero-order chi connectivity index (χ0) is 19.6. The molecular formula is C25H36O2. The normalized spacial score (nSPS) is 36.5. The number of aryl methyl sites for hydroxylation is 1. The highest BCUT2D eigenvalue weighted by Gasteiger charge is 2.61. The van der Waals surface area contributed by atoms with Crippen LogP contribution in [-0.4, -0.2) is 5.97 Å². The predicted octanol–water partition coefficient (Wildman–Crippen LogP) is 6.37. The van der Waals surface area contributed by atoms with Gasteiger partial charge in [-0.2, -0.15) is 0 Å². The van der Waals surface area contributed by atoms with Gasteiger partial charge in [-0.3, -0.25) is 4.79 Å². The van der Waals surface area contributed by atoms with Crippen LogP contribution in [0.2, 0.25) is 0 Å². The Bertz CT molecular complexity index is 777. The third-order valence-corrected chi connectivity index (χ3v) is 8.70. The van der Waals surface area contributed by atoms with Crippen molar-refractivity contribution in [1.29, 1.82) is 0 Å². The van der Waals surface area contributed by atoms with E-state index in [1.807, 2.05) is 6.92 Å². The molecule has 2 saturated carbocycles. The number of ether oxygens (including phenoxy) is 1. The average molecular weight is 369 g/mol. The summed E-state index contributed by atoms with van der Waals surface area (Å²) in [6, 6.07) is 4.27. The molecule has 1 aromatic rings. The van der Waals surface area contributed by atoms with Crippen LogP contribution in [0.25, 0.3) is 0 Å². The highest BCUT2D eigenvalue weighted by atomic mass is 16.5. The van der Waals surface area contributed by atoms with Gasteiger partial charge in [0.05, 0.1) is 0 Å². The summed E-state index contributed by atoms with van der Waals surface area (Å²) in [7, 11) is 0. The number of carbonyl (C=O) groups excluding carboxylic acids is 1. The molecule has 0 heterocycles. The summed E-state index contributed by atoms with van der Waals surface area (Å²) in [4.78, 5) is 11.8. The Balaban J connectivity index is 1.75. The lowest BCUT2D eigenvalue weighted by molar-refractivity contribution is -0.134. The molecule has 0 amide bonds. The fourth-order valence-electron chi connectivity index (χ4n) is 7.69. The highest BCUT2D eigenvalue weighted by Crippen LogP contribution is 2.67. The van der Waals surface area contributed by atoms with Crippen LogP contribution in [0.5, 0.6) is 5.75 Å². The van der Waals surface area contributed by atoms with Gasteiger partial charge in [-0.1, -0.05) is 41.0 Å². The van der Waals surface area contributed by atoms with Crippen molar-refractivity contribution in [1.82, 2.24) is 0 Å². The molecule has 0 unspecified atom stereocenters. The van der Waals surface area contributed by atoms with E-state index in [1.54, 1.807) is 5.56 Å². The van der Waals surface area contributed by atoms with Crippen LogP contribution in [0.15, 0.2) is 12.1 Å². The third-order valence-electron chi connectivity index (χ3n) is 8.70. The Morgan fingerprint density at radius 3 is 2.56 bits per heavy atom. The molecular weight excluding hydrogens is 332 g/mol. The minimum Gasteiger partial charge on any atom is -0.427 e. The summed E-state index contributed by atoms with van der Waals surface area (Å²) in [6.45, 7) is 14.2. The SMILES string of the molecule is CCC(=O)Oc1cc(C)c2c(c1)C[C@@H]1[C@@]3(C)CCCC(C)(C)[C@@H]3CC[C@@]21C. The molecule has 0 bridgehead atoms. The van der Waals surface area contributed by atoms with Crippen molar-refractivity contribution < 1.29 is 9.53 Å². The summed E-state index contributed by atoms with van der Waals surface area (Å²) < 4.78 is 5.58. The van der Waals surface area contributed by atoms with Gasteiger partial charge in [-0.05, 0) is 95.9 Å². The Hall–Kier alpha value is -1.31. The lowest BCUT2D eigenvalue weighted by Gasteiger charge is -2.61. The molecule has 2 nitrogen and oxygen atoms in total. The van der Waals surface area contributed by atoms with Gasteiger partial charge in [0.15, 0.2) is 0 Å². The maximum Gasteiger partial charge on any atom is 0.310 e. The summed E-state index contributed by atoms with van der Waals surface area (Å²) in [5, 5.41) is 0. The first-order valence-electron chi connectivity index (χ1n) is 11.0. The molecule has 4 rings (SSSR count). The number of fused-ring (bicyclic) bond motifs is 5. The van der Waals surface area contributed by atoms with Crippen molar-refractivity contribution in [2.24, 2.45) is 22.7 Å². The van der Waals surface area contributed by atoms with Crippen molar-refractivity contribution in [3.05, 3.63) is 28.8 Å². The second kappa shape index (κ2) is 6.09. The highest BCUT2D eigenvalue weighted by molar-refractivity contribution is 5.72. The molecule has 1 aromatic carbocycles. The van der Waals surface area contributed by atoms with E-state index in [0.29, 0.717) is 23.2 Å². The first kappa shape index (κ1) is 19.0. The first-order chi connectivity index (χ1) is 12.6. The number of benzene rings is 1. The molecule has 0 spiro atoms. The largest absolute Gasteiger partial charge is 0.427 e. The molecule has 4 atom stereocenters. The van der Waals surface area contributed by atoms with Gasteiger partial charge < -0.3 is 4.74 Å². The Morgan fingerprint density at radius 2 is 1.85 bits per heavy atom. The lowest BCUT2D eigenvalue weighted by atomic mass is 9.43. The van der Waals surface area contributed by atoms with Crippen molar-refractivity contribution in [2.75, 3.05) is 0 Å². The molecule has 0 saturated heterocycles. The molecule has 0 aliphatic heterocycles. The molecule has 0 aromatic heterocycles. The Morgan fingerprint density at radius 1 is 1.11 bits per heavy atom. The summed E-state index contributed by atoms with van der Waals surface area (Å²) in [5.41, 5.74) is 5.46. The summed E-state index contributed by atoms with van der Waals surface area (Å²) >= 11 is 0. The van der Waals surface area contributed by atoms with Crippen molar-refractivity contribution in [2.45, 2.75) is 91.9 Å². The van der Waals surface area contributed by atoms with Gasteiger partial charge in [-0.15, -0.1) is 0 Å². The van der Waals surface area contributed by atoms with E-state index < -0.39 is 0 Å². The molecule has 148 valence electrons. The maximum atomic E-state index is 11.8. The quantitative estimate of drug-likeness (QED) is 0.448. The van der Waals surface area contributed by atoms with E-state index in [2.05, 4.69) is 46.8 Å². The maximum absolute atomic E-state index is 11.8. The zero-order valence-electron chi connectivity index (χ0n) is 18.1. The summed E-state index contributed by atoms with van der Waals surface area (Å²) in [6.07, 6.45) is 8.32. The van der Waals surface area contributed by atoms with Crippen LogP contribution in [0.3, 0.4) is 0 Å². The van der Waals surface area contributed by atoms with Gasteiger partial charge in [0.25, 0.3) is 0 Å². The minimum atomic E-state index is -0.142. The van der Waals surface area contributed by atoms with Crippen molar-refractivity contribution in [3.63, 3.8) is 0 Å². The van der Waals surface area contributed by atoms with Crippen molar-refractivity contribution in [3.8, 4) is 5.75 Å². The number of rotatable bonds is 2. The third kappa shape index (κ3) is 2.69. The van der Waals surface area contributed by atoms with Crippen LogP contribution < -0.4 is 4.74 Å². The number of hydrogen-bond donors (Lipinski definition) is 0. The van der Waals surface area contributed by atoms with Gasteiger partial charge >= 0.3 is 5.97 Å². The second-order valence-electron chi connectivity index (χ2n) is 10.7. The number of hydrogen-bond acceptors (Lipinski definition) is 2. The van der Waals surface area contributed by atoms with E-state index in [9.17, 15) is 4.79 Å². The van der Waals surface area contributed by atoms with E-state index in [-0.39, 0.29) is 11.4 Å². The molecule has 2 heteroatoms. The molecule has 2 fully saturated rings. The van der Waals surface area contributed by atoms with Crippen molar-refractivity contribution >= 4 is 5.97 Å². The van der Waals surface area contributed by atoms with Gasteiger partial charge in [0, 0.05) is 6.42 Å². The standard InChI is InChI=1S/C25H36O2/c1-7-21(26)27-18-13-16(2)22-17(14-18)15-20-24(5)11-8-10-23(3,4)19(24)9-12-25(20,22)6/h13-14,19-20H,7-12,15H2,1-6H3/t19-,20+,24-,25+/m0/s1. The van der Waals surface area contributed by atoms with Crippen LogP contribution in [0, 0.1) is 29.6 Å². The lowest BCUT2D eigenvalue weighted by Crippen LogP contribution is -2.55. The number of carbonyl (C=O) groups is 1. The molecule has 3 aliphatic rings. The summed E-state index contributed by atoms with van der Waals surface area (Å²) in [5.74, 6) is 2.13. The minimum absolute atomic E-state index is 0.142. The smallest absolute Gasteiger partial charge is 0.310 e. The fourth-order valence-corrected chi connectivity index (χ4v) is 7.69. The molecule has 3 aliphatic carbocycles. The molecule has 0 N–H and O–H groups in total. The molecule has 27 heavy (non-hydrogen) atoms. The average Bonchev–Trinajstić information content (AvgIpc) is 2.88. The first-order valence-corrected chi connectivity index (χ1v) is 11.0. The van der Waals surface area contributed by atoms with Crippen LogP contribution in [-0.2, 0) is 16.6 Å². The van der Waals surface area contributed by atoms with Gasteiger partial charge in [-0.25, -0.2) is 0 Å². The van der Waals surface area contributed by atoms with E-state index in [0.717, 1.165) is 18.1 Å². The monoisotopic (exact) mass is 368 g/mol. The number of esters is 1. The zero-order valence-corrected chi connectivity index (χ0v) is 18.1. The Labute approximate surface area is 165 Å².